The van der Waals surface area contributed by atoms with Gasteiger partial charge in [-0.1, -0.05) is 41.4 Å². The van der Waals surface area contributed by atoms with E-state index in [0.29, 0.717) is 21.6 Å². The maximum atomic E-state index is 12.5. The predicted octanol–water partition coefficient (Wildman–Crippen LogP) is 4.69. The quantitative estimate of drug-likeness (QED) is 0.649. The van der Waals surface area contributed by atoms with Crippen molar-refractivity contribution in [2.45, 2.75) is 19.4 Å². The molecule has 1 aliphatic rings. The molecule has 1 aromatic heterocycles. The first-order valence-corrected chi connectivity index (χ1v) is 9.39. The van der Waals surface area contributed by atoms with Gasteiger partial charge in [0.05, 0.1) is 12.1 Å². The van der Waals surface area contributed by atoms with Crippen molar-refractivity contribution in [3.05, 3.63) is 64.3 Å². The highest BCUT2D eigenvalue weighted by Crippen LogP contribution is 2.38. The van der Waals surface area contributed by atoms with Crippen molar-refractivity contribution in [1.29, 1.82) is 0 Å². The van der Waals surface area contributed by atoms with Crippen LogP contribution in [-0.4, -0.2) is 21.6 Å². The highest BCUT2D eigenvalue weighted by molar-refractivity contribution is 6.31. The van der Waals surface area contributed by atoms with Gasteiger partial charge in [-0.2, -0.15) is 5.10 Å². The fraction of sp³-hybridized carbons (Fsp3) is 0.150. The Labute approximate surface area is 171 Å². The number of nitrogens with zero attached hydrogens (tertiary/aromatic N) is 2. The lowest BCUT2D eigenvalue weighted by atomic mass is 10.1. The second-order valence-corrected chi connectivity index (χ2v) is 7.40. The average molecular weight is 415 g/mol. The van der Waals surface area contributed by atoms with Crippen LogP contribution in [0.4, 0.5) is 11.5 Å². The summed E-state index contributed by atoms with van der Waals surface area (Å²) in [6.07, 6.45) is -0.0402. The minimum absolute atomic E-state index is 0.0402. The van der Waals surface area contributed by atoms with Crippen LogP contribution in [0.25, 0.3) is 11.1 Å². The Morgan fingerprint density at radius 3 is 2.61 bits per heavy atom. The van der Waals surface area contributed by atoms with Gasteiger partial charge in [0.25, 0.3) is 5.91 Å². The van der Waals surface area contributed by atoms with E-state index >= 15 is 0 Å². The summed E-state index contributed by atoms with van der Waals surface area (Å²) in [5, 5.41) is 11.2. The van der Waals surface area contributed by atoms with Crippen LogP contribution in [0, 0.1) is 6.92 Å². The van der Waals surface area contributed by atoms with Gasteiger partial charge in [0.2, 0.25) is 5.91 Å². The number of fused-ring (bicyclic) bond motifs is 1. The Bertz CT molecular complexity index is 1090. The van der Waals surface area contributed by atoms with Crippen molar-refractivity contribution in [3.8, 4) is 11.1 Å². The zero-order chi connectivity index (χ0) is 19.8. The summed E-state index contributed by atoms with van der Waals surface area (Å²) in [6.45, 7) is 1.86. The highest BCUT2D eigenvalue weighted by Gasteiger charge is 2.36. The predicted molar refractivity (Wildman–Crippen MR) is 110 cm³/mol. The zero-order valence-electron chi connectivity index (χ0n) is 14.9. The third-order valence-corrected chi connectivity index (χ3v) is 5.00. The smallest absolute Gasteiger partial charge is 0.251 e. The van der Waals surface area contributed by atoms with E-state index in [9.17, 15) is 9.59 Å². The van der Waals surface area contributed by atoms with E-state index in [1.165, 1.54) is 0 Å². The number of carbonyl (C=O) groups is 2. The minimum atomic E-state index is -0.721. The first-order chi connectivity index (χ1) is 13.4. The van der Waals surface area contributed by atoms with Crippen molar-refractivity contribution in [2.75, 3.05) is 10.6 Å². The summed E-state index contributed by atoms with van der Waals surface area (Å²) in [6, 6.07) is 13.5. The lowest BCUT2D eigenvalue weighted by molar-refractivity contribution is -0.123. The number of aryl methyl sites for hydroxylation is 1. The van der Waals surface area contributed by atoms with Crippen LogP contribution >= 0.6 is 23.2 Å². The van der Waals surface area contributed by atoms with E-state index in [2.05, 4.69) is 15.7 Å². The Morgan fingerprint density at radius 1 is 1.18 bits per heavy atom. The van der Waals surface area contributed by atoms with E-state index in [0.717, 1.165) is 16.8 Å². The molecule has 0 radical (unpaired) electrons. The third-order valence-electron chi connectivity index (χ3n) is 4.53. The van der Waals surface area contributed by atoms with Crippen molar-refractivity contribution < 1.29 is 9.59 Å². The van der Waals surface area contributed by atoms with Crippen LogP contribution in [0.3, 0.4) is 0 Å². The maximum Gasteiger partial charge on any atom is 0.251 e. The molecular formula is C20H16Cl2N4O2. The number of aromatic nitrogens is 2. The van der Waals surface area contributed by atoms with Gasteiger partial charge < -0.3 is 10.6 Å². The summed E-state index contributed by atoms with van der Waals surface area (Å²) >= 11 is 12.0. The van der Waals surface area contributed by atoms with E-state index in [-0.39, 0.29) is 18.2 Å². The van der Waals surface area contributed by atoms with Gasteiger partial charge in [0.15, 0.2) is 0 Å². The first-order valence-electron chi connectivity index (χ1n) is 8.63. The molecule has 2 aromatic carbocycles. The molecule has 0 fully saturated rings. The molecule has 1 aliphatic heterocycles. The molecule has 3 aromatic rings. The van der Waals surface area contributed by atoms with Crippen LogP contribution in [0.15, 0.2) is 48.5 Å². The number of nitrogens with one attached hydrogen (secondary N) is 2. The van der Waals surface area contributed by atoms with E-state index in [1.54, 1.807) is 35.0 Å². The second kappa shape index (κ2) is 7.30. The fourth-order valence-electron chi connectivity index (χ4n) is 3.33. The minimum Gasteiger partial charge on any atom is -0.326 e. The van der Waals surface area contributed by atoms with Gasteiger partial charge in [-0.15, -0.1) is 0 Å². The monoisotopic (exact) mass is 414 g/mol. The van der Waals surface area contributed by atoms with Gasteiger partial charge in [-0.05, 0) is 42.8 Å². The van der Waals surface area contributed by atoms with Crippen LogP contribution in [0.2, 0.25) is 10.0 Å². The van der Waals surface area contributed by atoms with Gasteiger partial charge in [-0.3, -0.25) is 9.59 Å². The Kier molecular flexibility index (Phi) is 4.83. The molecule has 0 bridgehead atoms. The molecule has 28 heavy (non-hydrogen) atoms. The zero-order valence-corrected chi connectivity index (χ0v) is 16.4. The lowest BCUT2D eigenvalue weighted by Crippen LogP contribution is -2.23. The summed E-state index contributed by atoms with van der Waals surface area (Å²) in [5.41, 5.74) is 2.98. The maximum absolute atomic E-state index is 12.5. The molecule has 0 spiro atoms. The van der Waals surface area contributed by atoms with Gasteiger partial charge in [-0.25, -0.2) is 4.68 Å². The molecule has 2 N–H and O–H groups in total. The lowest BCUT2D eigenvalue weighted by Gasteiger charge is -2.10. The summed E-state index contributed by atoms with van der Waals surface area (Å²) in [7, 11) is 0. The summed E-state index contributed by atoms with van der Waals surface area (Å²) in [5.74, 6) is 0.00469. The topological polar surface area (TPSA) is 76.0 Å². The van der Waals surface area contributed by atoms with Crippen molar-refractivity contribution in [1.82, 2.24) is 9.78 Å². The van der Waals surface area contributed by atoms with Crippen LogP contribution in [-0.2, 0) is 9.59 Å². The van der Waals surface area contributed by atoms with Crippen LogP contribution in [0.5, 0.6) is 0 Å². The number of halogens is 2. The van der Waals surface area contributed by atoms with E-state index in [4.69, 9.17) is 23.2 Å². The van der Waals surface area contributed by atoms with Gasteiger partial charge >= 0.3 is 0 Å². The molecule has 142 valence electrons. The normalized spacial score (nSPS) is 15.2. The Morgan fingerprint density at radius 2 is 1.89 bits per heavy atom. The molecule has 1 atom stereocenters. The number of rotatable bonds is 4. The average Bonchev–Trinajstić information content (AvgIpc) is 3.09. The van der Waals surface area contributed by atoms with Gasteiger partial charge in [0, 0.05) is 21.3 Å². The number of carbonyl (C=O) groups excluding carboxylic acids is 2. The largest absolute Gasteiger partial charge is 0.326 e. The van der Waals surface area contributed by atoms with Crippen LogP contribution < -0.4 is 10.6 Å². The number of benzene rings is 2. The molecule has 2 heterocycles. The number of amides is 2. The Balaban J connectivity index is 1.59. The molecule has 4 rings (SSSR count). The fourth-order valence-corrected chi connectivity index (χ4v) is 3.71. The molecule has 0 aliphatic carbocycles. The SMILES string of the molecule is Cc1nn2c(c1-c1cccc(Cl)c1)NC(=O)C2CC(=O)Nc1cccc(Cl)c1. The third kappa shape index (κ3) is 3.48. The molecule has 0 saturated carbocycles. The van der Waals surface area contributed by atoms with E-state index in [1.807, 2.05) is 25.1 Å². The second-order valence-electron chi connectivity index (χ2n) is 6.53. The highest BCUT2D eigenvalue weighted by atomic mass is 35.5. The number of hydrogen-bond acceptors (Lipinski definition) is 3. The Hall–Kier alpha value is -2.83. The van der Waals surface area contributed by atoms with E-state index < -0.39 is 6.04 Å². The van der Waals surface area contributed by atoms with Crippen molar-refractivity contribution >= 4 is 46.5 Å². The molecule has 2 amide bonds. The molecule has 0 saturated heterocycles. The molecule has 8 heteroatoms. The number of hydrogen-bond donors (Lipinski definition) is 2. The van der Waals surface area contributed by atoms with Gasteiger partial charge in [0.1, 0.15) is 11.9 Å². The van der Waals surface area contributed by atoms with Crippen molar-refractivity contribution in [3.63, 3.8) is 0 Å². The van der Waals surface area contributed by atoms with Crippen molar-refractivity contribution in [2.24, 2.45) is 0 Å². The van der Waals surface area contributed by atoms with Crippen LogP contribution in [0.1, 0.15) is 18.2 Å². The standard InChI is InChI=1S/C20H16Cl2N4O2/c1-11-18(12-4-2-5-13(21)8-12)19-24-20(28)16(26(19)25-11)10-17(27)23-15-7-3-6-14(22)9-15/h2-9,16H,10H2,1H3,(H,23,27)(H,24,28). The molecule has 1 unspecified atom stereocenters. The first kappa shape index (κ1) is 18.5. The molecular weight excluding hydrogens is 399 g/mol. The number of anilines is 2. The molecule has 6 nitrogen and oxygen atoms in total. The summed E-state index contributed by atoms with van der Waals surface area (Å²) in [4.78, 5) is 24.9. The summed E-state index contributed by atoms with van der Waals surface area (Å²) < 4.78 is 1.57.